The molecule has 2 fully saturated rings. The lowest BCUT2D eigenvalue weighted by molar-refractivity contribution is -0.143. The smallest absolute Gasteiger partial charge is 0.325 e. The molecule has 1 saturated carbocycles. The van der Waals surface area contributed by atoms with Crippen molar-refractivity contribution in [2.24, 2.45) is 0 Å². The molecule has 9 heteroatoms. The van der Waals surface area contributed by atoms with Gasteiger partial charge in [-0.25, -0.2) is 4.79 Å². The lowest BCUT2D eigenvalue weighted by Crippen LogP contribution is -2.44. The van der Waals surface area contributed by atoms with Crippen LogP contribution >= 0.6 is 0 Å². The fraction of sp³-hybridized carbons (Fsp3) is 0.476. The molecule has 0 atom stereocenters. The predicted octanol–water partition coefficient (Wildman–Crippen LogP) is 2.02. The van der Waals surface area contributed by atoms with E-state index < -0.39 is 24.1 Å². The van der Waals surface area contributed by atoms with Gasteiger partial charge in [0.15, 0.2) is 12.4 Å². The molecule has 0 unspecified atom stereocenters. The van der Waals surface area contributed by atoms with Crippen molar-refractivity contribution in [2.45, 2.75) is 51.0 Å². The maximum Gasteiger partial charge on any atom is 0.325 e. The highest BCUT2D eigenvalue weighted by Gasteiger charge is 2.52. The summed E-state index contributed by atoms with van der Waals surface area (Å²) in [6, 6.07) is 5.85. The van der Waals surface area contributed by atoms with E-state index in [1.165, 1.54) is 24.0 Å². The molecular formula is C21H25N3O6. The second-order valence-electron chi connectivity index (χ2n) is 7.62. The first-order valence-corrected chi connectivity index (χ1v) is 10.0. The second-order valence-corrected chi connectivity index (χ2v) is 7.62. The predicted molar refractivity (Wildman–Crippen MR) is 107 cm³/mol. The highest BCUT2D eigenvalue weighted by molar-refractivity contribution is 6.07. The van der Waals surface area contributed by atoms with Gasteiger partial charge in [0.25, 0.3) is 5.91 Å². The summed E-state index contributed by atoms with van der Waals surface area (Å²) in [4.78, 5) is 60.8. The summed E-state index contributed by atoms with van der Waals surface area (Å²) in [7, 11) is 0. The number of hydrogen-bond donors (Lipinski definition) is 2. The van der Waals surface area contributed by atoms with Crippen molar-refractivity contribution in [1.29, 1.82) is 0 Å². The van der Waals surface area contributed by atoms with Crippen LogP contribution in [0.15, 0.2) is 24.3 Å². The van der Waals surface area contributed by atoms with Gasteiger partial charge in [0, 0.05) is 31.1 Å². The van der Waals surface area contributed by atoms with Crippen molar-refractivity contribution >= 4 is 35.3 Å². The summed E-state index contributed by atoms with van der Waals surface area (Å²) in [5, 5.41) is 5.39. The lowest BCUT2D eigenvalue weighted by Gasteiger charge is -2.19. The van der Waals surface area contributed by atoms with Gasteiger partial charge in [-0.05, 0) is 43.5 Å². The molecule has 2 aliphatic rings. The van der Waals surface area contributed by atoms with Gasteiger partial charge in [0.2, 0.25) is 5.91 Å². The average molecular weight is 415 g/mol. The number of ketones is 1. The van der Waals surface area contributed by atoms with Crippen molar-refractivity contribution in [3.8, 4) is 0 Å². The number of esters is 1. The van der Waals surface area contributed by atoms with Gasteiger partial charge in [-0.15, -0.1) is 0 Å². The van der Waals surface area contributed by atoms with Crippen LogP contribution in [0, 0.1) is 0 Å². The first-order valence-electron chi connectivity index (χ1n) is 10.0. The molecule has 1 aromatic carbocycles. The van der Waals surface area contributed by atoms with Crippen LogP contribution in [-0.2, 0) is 19.1 Å². The van der Waals surface area contributed by atoms with Crippen LogP contribution in [0.3, 0.4) is 0 Å². The first kappa shape index (κ1) is 21.5. The van der Waals surface area contributed by atoms with Crippen LogP contribution in [0.5, 0.6) is 0 Å². The molecule has 1 saturated heterocycles. The number of benzene rings is 1. The van der Waals surface area contributed by atoms with Gasteiger partial charge < -0.3 is 15.4 Å². The third kappa shape index (κ3) is 4.84. The minimum Gasteiger partial charge on any atom is -0.457 e. The molecule has 1 aliphatic carbocycles. The third-order valence-corrected chi connectivity index (χ3v) is 5.36. The maximum atomic E-state index is 12.5. The van der Waals surface area contributed by atoms with Gasteiger partial charge in [0.05, 0.1) is 0 Å². The second kappa shape index (κ2) is 9.06. The largest absolute Gasteiger partial charge is 0.457 e. The summed E-state index contributed by atoms with van der Waals surface area (Å²) in [6.07, 6.45) is 3.41. The van der Waals surface area contributed by atoms with Crippen LogP contribution < -0.4 is 10.6 Å². The van der Waals surface area contributed by atoms with E-state index in [0.717, 1.165) is 12.8 Å². The summed E-state index contributed by atoms with van der Waals surface area (Å²) >= 11 is 0. The van der Waals surface area contributed by atoms with E-state index in [1.807, 2.05) is 0 Å². The van der Waals surface area contributed by atoms with Crippen molar-refractivity contribution in [2.75, 3.05) is 18.5 Å². The number of hydrogen-bond acceptors (Lipinski definition) is 6. The van der Waals surface area contributed by atoms with Crippen LogP contribution in [-0.4, -0.2) is 53.2 Å². The van der Waals surface area contributed by atoms with Gasteiger partial charge in [-0.2, -0.15) is 0 Å². The molecule has 9 nitrogen and oxygen atoms in total. The summed E-state index contributed by atoms with van der Waals surface area (Å²) in [5.41, 5.74) is 0.175. The fourth-order valence-corrected chi connectivity index (χ4v) is 3.82. The number of carbonyl (C=O) groups excluding carboxylic acids is 5. The number of amides is 4. The molecule has 3 rings (SSSR count). The van der Waals surface area contributed by atoms with E-state index in [1.54, 1.807) is 12.1 Å². The molecule has 160 valence electrons. The molecule has 0 aromatic heterocycles. The minimum atomic E-state index is -0.750. The standard InChI is InChI=1S/C21H25N3O6/c1-14(25)22-16-8-6-15(7-9-16)17(26)13-30-18(27)5-4-12-24-19(28)21(23-20(24)29)10-2-3-11-21/h6-9H,2-5,10-13H2,1H3,(H,22,25)(H,23,29). The Labute approximate surface area is 174 Å². The van der Waals surface area contributed by atoms with Gasteiger partial charge in [-0.3, -0.25) is 24.1 Å². The number of nitrogens with one attached hydrogen (secondary N) is 2. The Morgan fingerprint density at radius 2 is 1.80 bits per heavy atom. The molecule has 1 aliphatic heterocycles. The van der Waals surface area contributed by atoms with E-state index in [9.17, 15) is 24.0 Å². The third-order valence-electron chi connectivity index (χ3n) is 5.36. The Hall–Kier alpha value is -3.23. The number of Topliss-reactive ketones (excluding diaryl/α,β-unsaturated/α-hetero) is 1. The zero-order valence-electron chi connectivity index (χ0n) is 16.9. The van der Waals surface area contributed by atoms with Crippen molar-refractivity contribution in [3.63, 3.8) is 0 Å². The van der Waals surface area contributed by atoms with Crippen LogP contribution in [0.4, 0.5) is 10.5 Å². The Kier molecular flexibility index (Phi) is 6.49. The number of ether oxygens (including phenoxy) is 1. The van der Waals surface area contributed by atoms with Gasteiger partial charge in [0.1, 0.15) is 5.54 Å². The van der Waals surface area contributed by atoms with Gasteiger partial charge >= 0.3 is 12.0 Å². The van der Waals surface area contributed by atoms with Crippen molar-refractivity contribution in [1.82, 2.24) is 10.2 Å². The number of urea groups is 1. The van der Waals surface area contributed by atoms with Crippen LogP contribution in [0.1, 0.15) is 55.8 Å². The van der Waals surface area contributed by atoms with E-state index >= 15 is 0 Å². The summed E-state index contributed by atoms with van der Waals surface area (Å²) < 4.78 is 5.00. The molecule has 1 aromatic rings. The molecular weight excluding hydrogens is 390 g/mol. The van der Waals surface area contributed by atoms with Crippen molar-refractivity contribution < 1.29 is 28.7 Å². The number of nitrogens with zero attached hydrogens (tertiary/aromatic N) is 1. The number of carbonyl (C=O) groups is 5. The normalized spacial score (nSPS) is 17.2. The molecule has 0 radical (unpaired) electrons. The first-order chi connectivity index (χ1) is 14.3. The number of imide groups is 1. The number of rotatable bonds is 8. The van der Waals surface area contributed by atoms with E-state index in [2.05, 4.69) is 10.6 Å². The molecule has 0 bridgehead atoms. The van der Waals surface area contributed by atoms with Crippen molar-refractivity contribution in [3.05, 3.63) is 29.8 Å². The highest BCUT2D eigenvalue weighted by atomic mass is 16.5. The monoisotopic (exact) mass is 415 g/mol. The maximum absolute atomic E-state index is 12.5. The molecule has 30 heavy (non-hydrogen) atoms. The Morgan fingerprint density at radius 1 is 1.13 bits per heavy atom. The van der Waals surface area contributed by atoms with E-state index in [4.69, 9.17) is 4.74 Å². The fourth-order valence-electron chi connectivity index (χ4n) is 3.82. The topological polar surface area (TPSA) is 122 Å². The van der Waals surface area contributed by atoms with E-state index in [0.29, 0.717) is 24.1 Å². The van der Waals surface area contributed by atoms with Crippen LogP contribution in [0.2, 0.25) is 0 Å². The van der Waals surface area contributed by atoms with Crippen LogP contribution in [0.25, 0.3) is 0 Å². The Balaban J connectivity index is 1.40. The quantitative estimate of drug-likeness (QED) is 0.381. The lowest BCUT2D eigenvalue weighted by atomic mass is 9.98. The number of anilines is 1. The SMILES string of the molecule is CC(=O)Nc1ccc(C(=O)COC(=O)CCCN2C(=O)NC3(CCCC3)C2=O)cc1. The average Bonchev–Trinajstić information content (AvgIpc) is 3.26. The molecule has 1 heterocycles. The summed E-state index contributed by atoms with van der Waals surface area (Å²) in [5.74, 6) is -1.36. The zero-order chi connectivity index (χ0) is 21.7. The Bertz CT molecular complexity index is 858. The highest BCUT2D eigenvalue weighted by Crippen LogP contribution is 2.35. The molecule has 4 amide bonds. The summed E-state index contributed by atoms with van der Waals surface area (Å²) in [6.45, 7) is 1.13. The minimum absolute atomic E-state index is 0.00118. The zero-order valence-corrected chi connectivity index (χ0v) is 16.9. The molecule has 1 spiro atoms. The molecule has 2 N–H and O–H groups in total. The Morgan fingerprint density at radius 3 is 2.43 bits per heavy atom. The van der Waals surface area contributed by atoms with Gasteiger partial charge in [-0.1, -0.05) is 12.8 Å². The van der Waals surface area contributed by atoms with E-state index in [-0.39, 0.29) is 37.0 Å².